The molecule has 4 aromatic heterocycles. The first-order valence-corrected chi connectivity index (χ1v) is 19.9. The molecule has 0 spiro atoms. The van der Waals surface area contributed by atoms with Gasteiger partial charge in [-0.15, -0.1) is 144 Å². The van der Waals surface area contributed by atoms with Crippen molar-refractivity contribution in [3.63, 3.8) is 0 Å². The van der Waals surface area contributed by atoms with Crippen LogP contribution in [0.2, 0.25) is 0 Å². The van der Waals surface area contributed by atoms with Crippen molar-refractivity contribution in [1.29, 1.82) is 0 Å². The van der Waals surface area contributed by atoms with Crippen molar-refractivity contribution in [2.24, 2.45) is 0 Å². The number of hydrogen-bond acceptors (Lipinski definition) is 4. The summed E-state index contributed by atoms with van der Waals surface area (Å²) in [6, 6.07) is 82.8. The predicted octanol–water partition coefficient (Wildman–Crippen LogP) is 13.8. The van der Waals surface area contributed by atoms with Crippen LogP contribution in [0.4, 0.5) is 0 Å². The smallest absolute Gasteiger partial charge is 0.0239 e. The molecule has 0 aliphatic rings. The standard InChI is InChI=1S/C18H14N.C17H12N.2C11H8N.2Ir/c1-14-7-9-15(10-8-14)17-11-12-18(19-13-17)16-5-3-2-4-6-16;1-3-7-14(8-4-1)16-11-12-17(18-13-16)15-9-5-2-6-10-15;2*1-2-6-10(7-3-1)11-8-4-5-9-12-11;;/h2-5,7-13H,1H3;1-9,11-13H;2*1-6,8-9H;;/q4*-1;;. The van der Waals surface area contributed by atoms with Crippen LogP contribution in [0.15, 0.2) is 237 Å². The second kappa shape index (κ2) is 25.9. The Kier molecular flexibility index (Phi) is 19.4. The van der Waals surface area contributed by atoms with Crippen LogP contribution in [-0.4, -0.2) is 19.9 Å². The molecule has 10 rings (SSSR count). The van der Waals surface area contributed by atoms with Crippen molar-refractivity contribution in [2.45, 2.75) is 6.92 Å². The van der Waals surface area contributed by atoms with Gasteiger partial charge in [-0.05, 0) is 64.1 Å². The summed E-state index contributed by atoms with van der Waals surface area (Å²) in [4.78, 5) is 17.4. The molecule has 0 aliphatic heterocycles. The molecule has 10 aromatic rings. The first kappa shape index (κ1) is 47.3. The van der Waals surface area contributed by atoms with Gasteiger partial charge < -0.3 is 19.9 Å². The van der Waals surface area contributed by atoms with Crippen LogP contribution in [0.5, 0.6) is 0 Å². The Labute approximate surface area is 398 Å². The Bertz CT molecular complexity index is 2520. The summed E-state index contributed by atoms with van der Waals surface area (Å²) in [5, 5.41) is 0. The fourth-order valence-corrected chi connectivity index (χ4v) is 6.08. The summed E-state index contributed by atoms with van der Waals surface area (Å²) >= 11 is 0. The van der Waals surface area contributed by atoms with Crippen LogP contribution >= 0.6 is 0 Å². The Balaban J connectivity index is 0.000000160. The summed E-state index contributed by atoms with van der Waals surface area (Å²) in [5.74, 6) is 0. The predicted molar refractivity (Wildman–Crippen MR) is 250 cm³/mol. The van der Waals surface area contributed by atoms with E-state index < -0.39 is 0 Å². The first-order chi connectivity index (χ1) is 30.2. The minimum absolute atomic E-state index is 0. The molecular weight excluding hydrogens is 1130 g/mol. The van der Waals surface area contributed by atoms with E-state index in [4.69, 9.17) is 0 Å². The zero-order chi connectivity index (χ0) is 41.7. The summed E-state index contributed by atoms with van der Waals surface area (Å²) < 4.78 is 0. The molecule has 0 fully saturated rings. The van der Waals surface area contributed by atoms with Crippen molar-refractivity contribution in [3.05, 3.63) is 267 Å². The van der Waals surface area contributed by atoms with Gasteiger partial charge in [-0.1, -0.05) is 109 Å². The summed E-state index contributed by atoms with van der Waals surface area (Å²) in [6.45, 7) is 2.09. The average molecular weight is 1170 g/mol. The number of hydrogen-bond donors (Lipinski definition) is 0. The van der Waals surface area contributed by atoms with Crippen LogP contribution in [0.25, 0.3) is 67.3 Å². The largest absolute Gasteiger partial charge is 0.305 e. The third-order valence-corrected chi connectivity index (χ3v) is 9.29. The zero-order valence-electron chi connectivity index (χ0n) is 34.5. The maximum absolute atomic E-state index is 4.52. The Morgan fingerprint density at radius 3 is 0.937 bits per heavy atom. The van der Waals surface area contributed by atoms with Gasteiger partial charge in [0.1, 0.15) is 0 Å². The number of rotatable bonds is 6. The van der Waals surface area contributed by atoms with Crippen molar-refractivity contribution in [2.75, 3.05) is 0 Å². The molecule has 0 saturated carbocycles. The van der Waals surface area contributed by atoms with Gasteiger partial charge >= 0.3 is 0 Å². The normalized spacial score (nSPS) is 9.73. The van der Waals surface area contributed by atoms with Crippen LogP contribution in [0.3, 0.4) is 0 Å². The first-order valence-electron chi connectivity index (χ1n) is 19.9. The SMILES string of the molecule is Cc1ccc(-c2ccc(-c3[c-]cccc3)nc2)cc1.[Ir].[Ir].[c-]1ccccc1-c1ccc(-c2ccccc2)cn1.[c-]1ccccc1-c1ccccn1.[c-]1ccccc1-c1ccccn1. The molecule has 4 nitrogen and oxygen atoms in total. The topological polar surface area (TPSA) is 51.6 Å². The van der Waals surface area contributed by atoms with E-state index in [1.807, 2.05) is 176 Å². The Morgan fingerprint density at radius 1 is 0.286 bits per heavy atom. The van der Waals surface area contributed by atoms with Crippen LogP contribution in [0.1, 0.15) is 5.56 Å². The van der Waals surface area contributed by atoms with Gasteiger partial charge in [0, 0.05) is 65.0 Å². The molecule has 2 radical (unpaired) electrons. The Morgan fingerprint density at radius 2 is 0.619 bits per heavy atom. The molecule has 0 saturated heterocycles. The molecule has 0 aliphatic carbocycles. The molecule has 0 amide bonds. The van der Waals surface area contributed by atoms with E-state index >= 15 is 0 Å². The minimum atomic E-state index is 0. The van der Waals surface area contributed by atoms with Gasteiger partial charge in [0.2, 0.25) is 0 Å². The quantitative estimate of drug-likeness (QED) is 0.156. The molecule has 4 heterocycles. The van der Waals surface area contributed by atoms with Crippen molar-refractivity contribution >= 4 is 0 Å². The summed E-state index contributed by atoms with van der Waals surface area (Å²) in [5.41, 5.74) is 13.9. The molecule has 63 heavy (non-hydrogen) atoms. The van der Waals surface area contributed by atoms with E-state index in [9.17, 15) is 0 Å². The van der Waals surface area contributed by atoms with Crippen molar-refractivity contribution < 1.29 is 40.2 Å². The molecule has 0 unspecified atom stereocenters. The molecular formula is C57H42Ir2N4-4. The van der Waals surface area contributed by atoms with Crippen molar-refractivity contribution in [1.82, 2.24) is 19.9 Å². The van der Waals surface area contributed by atoms with Gasteiger partial charge in [-0.25, -0.2) is 0 Å². The van der Waals surface area contributed by atoms with E-state index in [1.54, 1.807) is 12.4 Å². The van der Waals surface area contributed by atoms with Gasteiger partial charge in [-0.3, -0.25) is 0 Å². The van der Waals surface area contributed by atoms with Crippen molar-refractivity contribution in [3.8, 4) is 67.3 Å². The summed E-state index contributed by atoms with van der Waals surface area (Å²) in [6.07, 6.45) is 7.40. The number of benzene rings is 6. The zero-order valence-corrected chi connectivity index (χ0v) is 39.3. The number of pyridine rings is 4. The second-order valence-electron chi connectivity index (χ2n) is 13.6. The summed E-state index contributed by atoms with van der Waals surface area (Å²) in [7, 11) is 0. The van der Waals surface area contributed by atoms with Crippen LogP contribution in [0, 0.1) is 31.2 Å². The van der Waals surface area contributed by atoms with Crippen LogP contribution < -0.4 is 0 Å². The monoisotopic (exact) mass is 1170 g/mol. The second-order valence-corrected chi connectivity index (χ2v) is 13.6. The fourth-order valence-electron chi connectivity index (χ4n) is 6.08. The van der Waals surface area contributed by atoms with Crippen LogP contribution in [-0.2, 0) is 40.2 Å². The van der Waals surface area contributed by atoms with E-state index in [0.717, 1.165) is 56.2 Å². The molecule has 6 heteroatoms. The molecule has 0 atom stereocenters. The molecule has 0 bridgehead atoms. The Hall–Kier alpha value is -6.78. The minimum Gasteiger partial charge on any atom is -0.305 e. The molecule has 0 N–H and O–H groups in total. The van der Waals surface area contributed by atoms with E-state index in [1.165, 1.54) is 16.7 Å². The van der Waals surface area contributed by atoms with Gasteiger partial charge in [0.05, 0.1) is 0 Å². The molecule has 6 aromatic carbocycles. The fraction of sp³-hybridized carbons (Fsp3) is 0.0175. The molecule has 312 valence electrons. The van der Waals surface area contributed by atoms with E-state index in [0.29, 0.717) is 0 Å². The van der Waals surface area contributed by atoms with Gasteiger partial charge in [0.15, 0.2) is 0 Å². The van der Waals surface area contributed by atoms with E-state index in [2.05, 4.69) is 99.7 Å². The third kappa shape index (κ3) is 14.7. The van der Waals surface area contributed by atoms with Gasteiger partial charge in [-0.2, -0.15) is 0 Å². The number of aromatic nitrogens is 4. The maximum atomic E-state index is 4.52. The van der Waals surface area contributed by atoms with Gasteiger partial charge in [0.25, 0.3) is 0 Å². The van der Waals surface area contributed by atoms with E-state index in [-0.39, 0.29) is 40.2 Å². The maximum Gasteiger partial charge on any atom is 0.0239 e. The third-order valence-electron chi connectivity index (χ3n) is 9.29. The average Bonchev–Trinajstić information content (AvgIpc) is 3.37. The number of nitrogens with zero attached hydrogens (tertiary/aromatic N) is 4. The number of aryl methyl sites for hydroxylation is 1.